The van der Waals surface area contributed by atoms with Gasteiger partial charge in [-0.05, 0) is 45.4 Å². The standard InChI is InChI=1S/C14H20FNO2/c1-10(11-5-7-12(15)8-6-11)16-13(17)9-18-14(2,3)4/h5-8,10H,9H2,1-4H3,(H,16,17)/t10-/m0/s1. The zero-order valence-corrected chi connectivity index (χ0v) is 11.3. The van der Waals surface area contributed by atoms with Crippen molar-refractivity contribution in [2.45, 2.75) is 39.3 Å². The van der Waals surface area contributed by atoms with Crippen LogP contribution in [0.4, 0.5) is 4.39 Å². The van der Waals surface area contributed by atoms with E-state index in [9.17, 15) is 9.18 Å². The molecule has 1 amide bonds. The summed E-state index contributed by atoms with van der Waals surface area (Å²) in [6.45, 7) is 7.55. The number of carbonyl (C=O) groups is 1. The van der Waals surface area contributed by atoms with Gasteiger partial charge in [-0.3, -0.25) is 4.79 Å². The molecular weight excluding hydrogens is 233 g/mol. The van der Waals surface area contributed by atoms with Gasteiger partial charge in [0.1, 0.15) is 12.4 Å². The van der Waals surface area contributed by atoms with Crippen LogP contribution in [-0.4, -0.2) is 18.1 Å². The second-order valence-electron chi connectivity index (χ2n) is 5.24. The zero-order valence-electron chi connectivity index (χ0n) is 11.3. The fraction of sp³-hybridized carbons (Fsp3) is 0.500. The SMILES string of the molecule is C[C@H](NC(=O)COC(C)(C)C)c1ccc(F)cc1. The topological polar surface area (TPSA) is 38.3 Å². The van der Waals surface area contributed by atoms with Crippen molar-refractivity contribution >= 4 is 5.91 Å². The zero-order chi connectivity index (χ0) is 13.8. The molecule has 0 saturated heterocycles. The summed E-state index contributed by atoms with van der Waals surface area (Å²) in [5, 5.41) is 2.80. The van der Waals surface area contributed by atoms with Gasteiger partial charge in [0, 0.05) is 0 Å². The number of halogens is 1. The number of carbonyl (C=O) groups excluding carboxylic acids is 1. The minimum Gasteiger partial charge on any atom is -0.366 e. The molecule has 0 heterocycles. The first-order chi connectivity index (χ1) is 8.28. The summed E-state index contributed by atoms with van der Waals surface area (Å²) in [5.41, 5.74) is 0.525. The number of nitrogens with one attached hydrogen (secondary N) is 1. The normalized spacial score (nSPS) is 13.2. The predicted molar refractivity (Wildman–Crippen MR) is 68.7 cm³/mol. The lowest BCUT2D eigenvalue weighted by molar-refractivity contribution is -0.131. The number of ether oxygens (including phenoxy) is 1. The second-order valence-corrected chi connectivity index (χ2v) is 5.24. The summed E-state index contributed by atoms with van der Waals surface area (Å²) < 4.78 is 18.1. The molecule has 3 nitrogen and oxygen atoms in total. The van der Waals surface area contributed by atoms with Gasteiger partial charge in [0.05, 0.1) is 11.6 Å². The molecule has 0 aliphatic rings. The van der Waals surface area contributed by atoms with E-state index in [1.165, 1.54) is 12.1 Å². The highest BCUT2D eigenvalue weighted by atomic mass is 19.1. The highest BCUT2D eigenvalue weighted by Gasteiger charge is 2.14. The quantitative estimate of drug-likeness (QED) is 0.896. The Morgan fingerprint density at radius 3 is 2.39 bits per heavy atom. The molecule has 1 aromatic carbocycles. The van der Waals surface area contributed by atoms with Crippen molar-refractivity contribution < 1.29 is 13.9 Å². The molecular formula is C14H20FNO2. The van der Waals surface area contributed by atoms with Gasteiger partial charge in [-0.15, -0.1) is 0 Å². The van der Waals surface area contributed by atoms with Crippen molar-refractivity contribution in [2.24, 2.45) is 0 Å². The van der Waals surface area contributed by atoms with Gasteiger partial charge < -0.3 is 10.1 Å². The van der Waals surface area contributed by atoms with Crippen LogP contribution in [0.2, 0.25) is 0 Å². The molecule has 0 aliphatic heterocycles. The lowest BCUT2D eigenvalue weighted by Gasteiger charge is -2.20. The van der Waals surface area contributed by atoms with Crippen LogP contribution < -0.4 is 5.32 Å². The first-order valence-electron chi connectivity index (χ1n) is 5.97. The number of rotatable bonds is 4. The summed E-state index contributed by atoms with van der Waals surface area (Å²) in [4.78, 5) is 11.6. The van der Waals surface area contributed by atoms with Crippen molar-refractivity contribution in [3.63, 3.8) is 0 Å². The Labute approximate surface area is 107 Å². The van der Waals surface area contributed by atoms with E-state index in [1.54, 1.807) is 12.1 Å². The van der Waals surface area contributed by atoms with Gasteiger partial charge in [-0.25, -0.2) is 4.39 Å². The maximum Gasteiger partial charge on any atom is 0.246 e. The third-order valence-electron chi connectivity index (χ3n) is 2.38. The van der Waals surface area contributed by atoms with E-state index in [-0.39, 0.29) is 30.0 Å². The van der Waals surface area contributed by atoms with Crippen LogP contribution in [0.3, 0.4) is 0 Å². The Morgan fingerprint density at radius 2 is 1.89 bits per heavy atom. The van der Waals surface area contributed by atoms with Gasteiger partial charge in [0.2, 0.25) is 5.91 Å². The molecule has 1 aromatic rings. The first-order valence-corrected chi connectivity index (χ1v) is 5.97. The van der Waals surface area contributed by atoms with Crippen LogP contribution in [0, 0.1) is 5.82 Å². The monoisotopic (exact) mass is 253 g/mol. The molecule has 0 radical (unpaired) electrons. The number of hydrogen-bond acceptors (Lipinski definition) is 2. The summed E-state index contributed by atoms with van der Waals surface area (Å²) in [5.74, 6) is -0.463. The Kier molecular flexibility index (Phi) is 4.84. The summed E-state index contributed by atoms with van der Waals surface area (Å²) in [7, 11) is 0. The van der Waals surface area contributed by atoms with Crippen molar-refractivity contribution in [3.05, 3.63) is 35.6 Å². The van der Waals surface area contributed by atoms with E-state index < -0.39 is 0 Å². The van der Waals surface area contributed by atoms with Gasteiger partial charge >= 0.3 is 0 Å². The molecule has 18 heavy (non-hydrogen) atoms. The summed E-state index contributed by atoms with van der Waals surface area (Å²) >= 11 is 0. The van der Waals surface area contributed by atoms with Crippen molar-refractivity contribution in [1.82, 2.24) is 5.32 Å². The Hall–Kier alpha value is -1.42. The third-order valence-corrected chi connectivity index (χ3v) is 2.38. The van der Waals surface area contributed by atoms with Crippen LogP contribution in [0.5, 0.6) is 0 Å². The van der Waals surface area contributed by atoms with Gasteiger partial charge in [0.15, 0.2) is 0 Å². The van der Waals surface area contributed by atoms with Crippen LogP contribution in [0.25, 0.3) is 0 Å². The molecule has 1 N–H and O–H groups in total. The predicted octanol–water partition coefficient (Wildman–Crippen LogP) is 2.82. The number of amides is 1. The minimum absolute atomic E-state index is 0.0229. The van der Waals surface area contributed by atoms with Gasteiger partial charge in [-0.2, -0.15) is 0 Å². The van der Waals surface area contributed by atoms with Gasteiger partial charge in [-0.1, -0.05) is 12.1 Å². The van der Waals surface area contributed by atoms with E-state index in [0.717, 1.165) is 5.56 Å². The molecule has 0 bridgehead atoms. The third kappa shape index (κ3) is 5.27. The molecule has 1 atom stereocenters. The van der Waals surface area contributed by atoms with Crippen LogP contribution in [-0.2, 0) is 9.53 Å². The van der Waals surface area contributed by atoms with E-state index in [1.807, 2.05) is 27.7 Å². The highest BCUT2D eigenvalue weighted by Crippen LogP contribution is 2.13. The van der Waals surface area contributed by atoms with E-state index in [0.29, 0.717) is 0 Å². The number of hydrogen-bond donors (Lipinski definition) is 1. The smallest absolute Gasteiger partial charge is 0.246 e. The fourth-order valence-electron chi connectivity index (χ4n) is 1.40. The molecule has 4 heteroatoms. The minimum atomic E-state index is -0.337. The maximum atomic E-state index is 12.8. The maximum absolute atomic E-state index is 12.8. The molecule has 0 spiro atoms. The Morgan fingerprint density at radius 1 is 1.33 bits per heavy atom. The molecule has 0 unspecified atom stereocenters. The molecule has 0 fully saturated rings. The van der Waals surface area contributed by atoms with Gasteiger partial charge in [0.25, 0.3) is 0 Å². The lowest BCUT2D eigenvalue weighted by Crippen LogP contribution is -2.33. The van der Waals surface area contributed by atoms with Crippen molar-refractivity contribution in [1.29, 1.82) is 0 Å². The number of benzene rings is 1. The van der Waals surface area contributed by atoms with Crippen molar-refractivity contribution in [3.8, 4) is 0 Å². The largest absolute Gasteiger partial charge is 0.366 e. The molecule has 0 aromatic heterocycles. The average molecular weight is 253 g/mol. The van der Waals surface area contributed by atoms with E-state index in [4.69, 9.17) is 4.74 Å². The lowest BCUT2D eigenvalue weighted by atomic mass is 10.1. The van der Waals surface area contributed by atoms with E-state index in [2.05, 4.69) is 5.32 Å². The fourth-order valence-corrected chi connectivity index (χ4v) is 1.40. The molecule has 1 rings (SSSR count). The van der Waals surface area contributed by atoms with Crippen LogP contribution >= 0.6 is 0 Å². The summed E-state index contributed by atoms with van der Waals surface area (Å²) in [6.07, 6.45) is 0. The molecule has 0 aliphatic carbocycles. The average Bonchev–Trinajstić information content (AvgIpc) is 2.26. The van der Waals surface area contributed by atoms with Crippen LogP contribution in [0.1, 0.15) is 39.3 Å². The highest BCUT2D eigenvalue weighted by molar-refractivity contribution is 5.77. The Balaban J connectivity index is 2.47. The van der Waals surface area contributed by atoms with E-state index >= 15 is 0 Å². The first kappa shape index (κ1) is 14.6. The second kappa shape index (κ2) is 5.96. The van der Waals surface area contributed by atoms with Crippen molar-refractivity contribution in [2.75, 3.05) is 6.61 Å². The molecule has 0 saturated carbocycles. The molecule has 100 valence electrons. The Bertz CT molecular complexity index is 395. The summed E-state index contributed by atoms with van der Waals surface area (Å²) in [6, 6.07) is 5.91. The van der Waals surface area contributed by atoms with Crippen LogP contribution in [0.15, 0.2) is 24.3 Å².